The molecule has 0 unspecified atom stereocenters. The van der Waals surface area contributed by atoms with Crippen LogP contribution in [0.1, 0.15) is 36.5 Å². The maximum absolute atomic E-state index is 12.7. The normalized spacial score (nSPS) is 15.5. The summed E-state index contributed by atoms with van der Waals surface area (Å²) in [5.74, 6) is 0.695. The van der Waals surface area contributed by atoms with Crippen LogP contribution >= 0.6 is 43.6 Å². The van der Waals surface area contributed by atoms with E-state index in [9.17, 15) is 14.7 Å². The van der Waals surface area contributed by atoms with Crippen molar-refractivity contribution in [2.75, 3.05) is 13.2 Å². The van der Waals surface area contributed by atoms with Gasteiger partial charge in [0.2, 0.25) is 0 Å². The van der Waals surface area contributed by atoms with E-state index in [0.29, 0.717) is 16.0 Å². The molecule has 1 heterocycles. The third kappa shape index (κ3) is 5.10. The van der Waals surface area contributed by atoms with E-state index >= 15 is 0 Å². The molecule has 1 aliphatic heterocycles. The highest BCUT2D eigenvalue weighted by molar-refractivity contribution is 9.11. The molecule has 1 aliphatic rings. The van der Waals surface area contributed by atoms with Crippen LogP contribution in [-0.4, -0.2) is 34.3 Å². The van der Waals surface area contributed by atoms with E-state index in [4.69, 9.17) is 4.74 Å². The zero-order valence-electron chi connectivity index (χ0n) is 16.7. The van der Waals surface area contributed by atoms with E-state index < -0.39 is 5.91 Å². The Morgan fingerprint density at radius 3 is 2.63 bits per heavy atom. The van der Waals surface area contributed by atoms with Crippen molar-refractivity contribution in [3.63, 3.8) is 0 Å². The quantitative estimate of drug-likeness (QED) is 0.415. The number of halogens is 2. The molecule has 0 bridgehead atoms. The molecule has 0 spiro atoms. The predicted molar refractivity (Wildman–Crippen MR) is 127 cm³/mol. The van der Waals surface area contributed by atoms with Gasteiger partial charge in [0.25, 0.3) is 11.1 Å². The number of hydrogen-bond donors (Lipinski definition) is 1. The minimum Gasteiger partial charge on any atom is -0.506 e. The summed E-state index contributed by atoms with van der Waals surface area (Å²) in [6, 6.07) is 9.44. The second-order valence-electron chi connectivity index (χ2n) is 7.20. The molecule has 1 saturated heterocycles. The molecule has 0 saturated carbocycles. The number of ether oxygens (including phenoxy) is 1. The number of rotatable bonds is 6. The molecule has 2 amide bonds. The van der Waals surface area contributed by atoms with Gasteiger partial charge in [-0.15, -0.1) is 0 Å². The zero-order valence-corrected chi connectivity index (χ0v) is 20.7. The van der Waals surface area contributed by atoms with Gasteiger partial charge in [0.05, 0.1) is 15.9 Å². The standard InChI is InChI=1S/C22H21Br2NO4S/c1-12(2)16-5-4-13(3)8-18(16)29-7-6-25-21(27)19(30-22(25)28)10-14-9-15(23)11-17(24)20(14)26/h4-5,8-12,26H,6-7H2,1-3H3/b19-10-. The number of phenols is 1. The first-order valence-electron chi connectivity index (χ1n) is 9.34. The first kappa shape index (κ1) is 22.9. The van der Waals surface area contributed by atoms with E-state index in [1.807, 2.05) is 25.1 Å². The van der Waals surface area contributed by atoms with E-state index in [1.165, 1.54) is 11.0 Å². The minimum atomic E-state index is -0.391. The fourth-order valence-corrected chi connectivity index (χ4v) is 5.13. The van der Waals surface area contributed by atoms with Gasteiger partial charge in [-0.3, -0.25) is 14.5 Å². The predicted octanol–water partition coefficient (Wildman–Crippen LogP) is 6.46. The Bertz CT molecular complexity index is 1040. The molecule has 30 heavy (non-hydrogen) atoms. The number of carbonyl (C=O) groups is 2. The number of imide groups is 1. The van der Waals surface area contributed by atoms with E-state index in [1.54, 1.807) is 12.1 Å². The number of phenolic OH excluding ortho intramolecular Hbond substituents is 1. The highest BCUT2D eigenvalue weighted by Crippen LogP contribution is 2.37. The second-order valence-corrected chi connectivity index (χ2v) is 9.97. The van der Waals surface area contributed by atoms with Gasteiger partial charge in [-0.2, -0.15) is 0 Å². The summed E-state index contributed by atoms with van der Waals surface area (Å²) in [4.78, 5) is 26.5. The summed E-state index contributed by atoms with van der Waals surface area (Å²) in [6.07, 6.45) is 1.52. The van der Waals surface area contributed by atoms with Crippen molar-refractivity contribution in [3.8, 4) is 11.5 Å². The van der Waals surface area contributed by atoms with E-state index in [-0.39, 0.29) is 29.0 Å². The Morgan fingerprint density at radius 1 is 1.20 bits per heavy atom. The monoisotopic (exact) mass is 553 g/mol. The molecular formula is C22H21Br2NO4S. The number of aromatic hydroxyl groups is 1. The van der Waals surface area contributed by atoms with Gasteiger partial charge in [0.1, 0.15) is 18.1 Å². The maximum atomic E-state index is 12.7. The molecule has 0 atom stereocenters. The van der Waals surface area contributed by atoms with Crippen LogP contribution < -0.4 is 4.74 Å². The third-order valence-electron chi connectivity index (χ3n) is 4.58. The number of amides is 2. The van der Waals surface area contributed by atoms with Crippen molar-refractivity contribution in [1.82, 2.24) is 4.90 Å². The number of aryl methyl sites for hydroxylation is 1. The lowest BCUT2D eigenvalue weighted by Crippen LogP contribution is -2.32. The molecule has 0 radical (unpaired) electrons. The van der Waals surface area contributed by atoms with Gasteiger partial charge in [0.15, 0.2) is 0 Å². The SMILES string of the molecule is Cc1ccc(C(C)C)c(OCCN2C(=O)S/C(=C\c3cc(Br)cc(Br)c3O)C2=O)c1. The smallest absolute Gasteiger partial charge is 0.293 e. The van der Waals surface area contributed by atoms with Gasteiger partial charge in [0, 0.05) is 10.0 Å². The molecule has 2 aromatic rings. The zero-order chi connectivity index (χ0) is 22.0. The van der Waals surface area contributed by atoms with Crippen LogP contribution in [-0.2, 0) is 4.79 Å². The van der Waals surface area contributed by atoms with E-state index in [0.717, 1.165) is 33.1 Å². The lowest BCUT2D eigenvalue weighted by molar-refractivity contribution is -0.123. The molecule has 0 aliphatic carbocycles. The molecule has 2 aromatic carbocycles. The van der Waals surface area contributed by atoms with Crippen molar-refractivity contribution in [2.45, 2.75) is 26.7 Å². The molecule has 5 nitrogen and oxygen atoms in total. The van der Waals surface area contributed by atoms with Crippen molar-refractivity contribution < 1.29 is 19.4 Å². The molecule has 1 N–H and O–H groups in total. The Kier molecular flexibility index (Phi) is 7.31. The average molecular weight is 555 g/mol. The lowest BCUT2D eigenvalue weighted by Gasteiger charge is -2.17. The van der Waals surface area contributed by atoms with E-state index in [2.05, 4.69) is 45.7 Å². The second kappa shape index (κ2) is 9.58. The van der Waals surface area contributed by atoms with Crippen LogP contribution in [0.5, 0.6) is 11.5 Å². The third-order valence-corrected chi connectivity index (χ3v) is 6.55. The van der Waals surface area contributed by atoms with Crippen LogP contribution in [0.15, 0.2) is 44.2 Å². The summed E-state index contributed by atoms with van der Waals surface area (Å²) >= 11 is 7.48. The lowest BCUT2D eigenvalue weighted by atomic mass is 10.0. The molecule has 3 rings (SSSR count). The van der Waals surface area contributed by atoms with Gasteiger partial charge in [-0.05, 0) is 75.9 Å². The first-order valence-corrected chi connectivity index (χ1v) is 11.7. The van der Waals surface area contributed by atoms with Crippen LogP contribution in [0.2, 0.25) is 0 Å². The topological polar surface area (TPSA) is 66.8 Å². The Hall–Kier alpha value is -1.77. The maximum Gasteiger partial charge on any atom is 0.293 e. The minimum absolute atomic E-state index is 0.00833. The fourth-order valence-electron chi connectivity index (χ4n) is 3.02. The Labute approximate surface area is 196 Å². The van der Waals surface area contributed by atoms with Crippen molar-refractivity contribution in [2.24, 2.45) is 0 Å². The molecule has 158 valence electrons. The number of nitrogens with zero attached hydrogens (tertiary/aromatic N) is 1. The van der Waals surface area contributed by atoms with Crippen molar-refractivity contribution in [3.05, 3.63) is 60.9 Å². The summed E-state index contributed by atoms with van der Waals surface area (Å²) in [7, 11) is 0. The highest BCUT2D eigenvalue weighted by Gasteiger charge is 2.35. The number of thioether (sulfide) groups is 1. The van der Waals surface area contributed by atoms with Crippen molar-refractivity contribution >= 4 is 60.8 Å². The summed E-state index contributed by atoms with van der Waals surface area (Å²) in [5.41, 5.74) is 2.62. The van der Waals surface area contributed by atoms with Gasteiger partial charge < -0.3 is 9.84 Å². The first-order chi connectivity index (χ1) is 14.2. The van der Waals surface area contributed by atoms with Crippen LogP contribution in [0.25, 0.3) is 6.08 Å². The number of benzene rings is 2. The molecular weight excluding hydrogens is 534 g/mol. The van der Waals surface area contributed by atoms with Crippen LogP contribution in [0.3, 0.4) is 0 Å². The fraction of sp³-hybridized carbons (Fsp3) is 0.273. The summed E-state index contributed by atoms with van der Waals surface area (Å²) < 4.78 is 7.15. The number of hydrogen-bond acceptors (Lipinski definition) is 5. The Balaban J connectivity index is 1.72. The highest BCUT2D eigenvalue weighted by atomic mass is 79.9. The molecule has 1 fully saturated rings. The van der Waals surface area contributed by atoms with Crippen LogP contribution in [0.4, 0.5) is 4.79 Å². The van der Waals surface area contributed by atoms with Gasteiger partial charge >= 0.3 is 0 Å². The average Bonchev–Trinajstić information content (AvgIpc) is 2.93. The van der Waals surface area contributed by atoms with Gasteiger partial charge in [-0.1, -0.05) is 41.9 Å². The molecule has 8 heteroatoms. The number of carbonyl (C=O) groups excluding carboxylic acids is 2. The molecule has 0 aromatic heterocycles. The van der Waals surface area contributed by atoms with Crippen LogP contribution in [0, 0.1) is 6.92 Å². The van der Waals surface area contributed by atoms with Gasteiger partial charge in [-0.25, -0.2) is 0 Å². The largest absolute Gasteiger partial charge is 0.506 e. The summed E-state index contributed by atoms with van der Waals surface area (Å²) in [6.45, 7) is 6.54. The Morgan fingerprint density at radius 2 is 1.93 bits per heavy atom. The summed E-state index contributed by atoms with van der Waals surface area (Å²) in [5, 5.41) is 9.86. The van der Waals surface area contributed by atoms with Crippen molar-refractivity contribution in [1.29, 1.82) is 0 Å².